The van der Waals surface area contributed by atoms with Crippen molar-refractivity contribution in [3.05, 3.63) is 35.5 Å². The fraction of sp³-hybridized carbons (Fsp3) is 0.333. The maximum absolute atomic E-state index is 12.0. The van der Waals surface area contributed by atoms with E-state index in [0.717, 1.165) is 24.8 Å². The van der Waals surface area contributed by atoms with Gasteiger partial charge in [-0.25, -0.2) is 4.98 Å². The summed E-state index contributed by atoms with van der Waals surface area (Å²) < 4.78 is 0. The van der Waals surface area contributed by atoms with Crippen molar-refractivity contribution in [2.75, 3.05) is 5.73 Å². The Bertz CT molecular complexity index is 410. The fourth-order valence-electron chi connectivity index (χ4n) is 1.83. The van der Waals surface area contributed by atoms with E-state index in [4.69, 9.17) is 5.73 Å². The van der Waals surface area contributed by atoms with E-state index in [0.29, 0.717) is 11.4 Å². The third-order valence-electron chi connectivity index (χ3n) is 2.67. The molecule has 0 radical (unpaired) electrons. The van der Waals surface area contributed by atoms with Crippen LogP contribution in [0.2, 0.25) is 0 Å². The molecule has 2 N–H and O–H groups in total. The van der Waals surface area contributed by atoms with Gasteiger partial charge in [0, 0.05) is 6.20 Å². The molecule has 0 bridgehead atoms. The Labute approximate surface area is 89.0 Å². The number of ketones is 1. The SMILES string of the molecule is Nc1ncccc1C(=O)C1=CCCCC1. The highest BCUT2D eigenvalue weighted by Gasteiger charge is 2.16. The molecular formula is C12H14N2O. The first kappa shape index (κ1) is 9.90. The number of carbonyl (C=O) groups excluding carboxylic acids is 1. The highest BCUT2D eigenvalue weighted by atomic mass is 16.1. The van der Waals surface area contributed by atoms with Crippen LogP contribution in [0.3, 0.4) is 0 Å². The summed E-state index contributed by atoms with van der Waals surface area (Å²) in [7, 11) is 0. The Morgan fingerprint density at radius 2 is 2.27 bits per heavy atom. The summed E-state index contributed by atoms with van der Waals surface area (Å²) in [6.45, 7) is 0. The first-order chi connectivity index (χ1) is 7.29. The summed E-state index contributed by atoms with van der Waals surface area (Å²) in [6.07, 6.45) is 7.77. The molecule has 1 aliphatic rings. The summed E-state index contributed by atoms with van der Waals surface area (Å²) in [6, 6.07) is 3.48. The molecule has 3 heteroatoms. The van der Waals surface area contributed by atoms with Gasteiger partial charge in [0.25, 0.3) is 0 Å². The zero-order chi connectivity index (χ0) is 10.7. The smallest absolute Gasteiger partial charge is 0.192 e. The number of nitrogen functional groups attached to an aromatic ring is 1. The molecule has 0 saturated carbocycles. The second-order valence-corrected chi connectivity index (χ2v) is 3.74. The van der Waals surface area contributed by atoms with Gasteiger partial charge >= 0.3 is 0 Å². The van der Waals surface area contributed by atoms with Crippen LogP contribution in [0.25, 0.3) is 0 Å². The second kappa shape index (κ2) is 4.26. The lowest BCUT2D eigenvalue weighted by Gasteiger charge is -2.12. The molecule has 1 heterocycles. The third-order valence-corrected chi connectivity index (χ3v) is 2.67. The van der Waals surface area contributed by atoms with Crippen LogP contribution < -0.4 is 5.73 Å². The van der Waals surface area contributed by atoms with Crippen molar-refractivity contribution in [3.8, 4) is 0 Å². The lowest BCUT2D eigenvalue weighted by molar-refractivity contribution is 0.102. The molecule has 1 aromatic heterocycles. The normalized spacial score (nSPS) is 15.9. The second-order valence-electron chi connectivity index (χ2n) is 3.74. The Morgan fingerprint density at radius 3 is 2.93 bits per heavy atom. The summed E-state index contributed by atoms with van der Waals surface area (Å²) in [5.74, 6) is 0.370. The van der Waals surface area contributed by atoms with E-state index in [2.05, 4.69) is 4.98 Å². The number of hydrogen-bond acceptors (Lipinski definition) is 3. The van der Waals surface area contributed by atoms with Crippen molar-refractivity contribution >= 4 is 11.6 Å². The van der Waals surface area contributed by atoms with Crippen LogP contribution in [0.5, 0.6) is 0 Å². The number of anilines is 1. The predicted octanol–water partition coefficient (Wildman–Crippen LogP) is 2.35. The van der Waals surface area contributed by atoms with Gasteiger partial charge in [0.1, 0.15) is 5.82 Å². The molecule has 0 aromatic carbocycles. The van der Waals surface area contributed by atoms with E-state index in [1.54, 1.807) is 18.3 Å². The van der Waals surface area contributed by atoms with Crippen LogP contribution in [0.1, 0.15) is 36.0 Å². The number of allylic oxidation sites excluding steroid dienone is 2. The van der Waals surface area contributed by atoms with E-state index in [-0.39, 0.29) is 5.78 Å². The lowest BCUT2D eigenvalue weighted by Crippen LogP contribution is -2.09. The maximum Gasteiger partial charge on any atom is 0.192 e. The van der Waals surface area contributed by atoms with Crippen molar-refractivity contribution in [2.24, 2.45) is 0 Å². The number of rotatable bonds is 2. The van der Waals surface area contributed by atoms with Gasteiger partial charge < -0.3 is 5.73 Å². The molecule has 0 fully saturated rings. The van der Waals surface area contributed by atoms with Crippen molar-refractivity contribution in [1.82, 2.24) is 4.98 Å². The Morgan fingerprint density at radius 1 is 1.40 bits per heavy atom. The van der Waals surface area contributed by atoms with Crippen molar-refractivity contribution in [3.63, 3.8) is 0 Å². The quantitative estimate of drug-likeness (QED) is 0.749. The number of Topliss-reactive ketones (excluding diaryl/α,β-unsaturated/α-hetero) is 1. The molecular weight excluding hydrogens is 188 g/mol. The van der Waals surface area contributed by atoms with Gasteiger partial charge in [0.15, 0.2) is 5.78 Å². The Kier molecular flexibility index (Phi) is 2.81. The van der Waals surface area contributed by atoms with Crippen molar-refractivity contribution < 1.29 is 4.79 Å². The molecule has 1 aliphatic carbocycles. The van der Waals surface area contributed by atoms with Gasteiger partial charge in [-0.05, 0) is 43.4 Å². The molecule has 0 saturated heterocycles. The van der Waals surface area contributed by atoms with Gasteiger partial charge in [-0.3, -0.25) is 4.79 Å². The highest BCUT2D eigenvalue weighted by molar-refractivity contribution is 6.11. The minimum atomic E-state index is 0.0419. The van der Waals surface area contributed by atoms with E-state index in [1.807, 2.05) is 6.08 Å². The number of nitrogens with zero attached hydrogens (tertiary/aromatic N) is 1. The van der Waals surface area contributed by atoms with Crippen LogP contribution in [-0.4, -0.2) is 10.8 Å². The van der Waals surface area contributed by atoms with Crippen LogP contribution >= 0.6 is 0 Å². The zero-order valence-electron chi connectivity index (χ0n) is 8.57. The minimum Gasteiger partial charge on any atom is -0.383 e. The highest BCUT2D eigenvalue weighted by Crippen LogP contribution is 2.22. The Balaban J connectivity index is 2.28. The van der Waals surface area contributed by atoms with E-state index in [9.17, 15) is 4.79 Å². The zero-order valence-corrected chi connectivity index (χ0v) is 8.57. The standard InChI is InChI=1S/C12H14N2O/c13-12-10(7-4-8-14-12)11(15)9-5-2-1-3-6-9/h4-5,7-8H,1-3,6H2,(H2,13,14). The molecule has 0 unspecified atom stereocenters. The molecule has 1 aromatic rings. The summed E-state index contributed by atoms with van der Waals surface area (Å²) >= 11 is 0. The topological polar surface area (TPSA) is 56.0 Å². The summed E-state index contributed by atoms with van der Waals surface area (Å²) in [5.41, 5.74) is 7.09. The van der Waals surface area contributed by atoms with Crippen LogP contribution in [0.15, 0.2) is 30.0 Å². The van der Waals surface area contributed by atoms with E-state index < -0.39 is 0 Å². The molecule has 2 rings (SSSR count). The van der Waals surface area contributed by atoms with E-state index >= 15 is 0 Å². The lowest BCUT2D eigenvalue weighted by atomic mass is 9.93. The monoisotopic (exact) mass is 202 g/mol. The fourth-order valence-corrected chi connectivity index (χ4v) is 1.83. The molecule has 15 heavy (non-hydrogen) atoms. The molecule has 0 spiro atoms. The first-order valence-corrected chi connectivity index (χ1v) is 5.23. The van der Waals surface area contributed by atoms with E-state index in [1.165, 1.54) is 6.42 Å². The number of nitrogens with two attached hydrogens (primary N) is 1. The minimum absolute atomic E-state index is 0.0419. The summed E-state index contributed by atoms with van der Waals surface area (Å²) in [5, 5.41) is 0. The van der Waals surface area contributed by atoms with Crippen molar-refractivity contribution in [2.45, 2.75) is 25.7 Å². The van der Waals surface area contributed by atoms with Crippen molar-refractivity contribution in [1.29, 1.82) is 0 Å². The molecule has 0 atom stereocenters. The van der Waals surface area contributed by atoms with Gasteiger partial charge in [-0.2, -0.15) is 0 Å². The number of carbonyl (C=O) groups is 1. The van der Waals surface area contributed by atoms with Gasteiger partial charge in [0.2, 0.25) is 0 Å². The molecule has 0 amide bonds. The maximum atomic E-state index is 12.0. The molecule has 0 aliphatic heterocycles. The number of aromatic nitrogens is 1. The number of pyridine rings is 1. The molecule has 78 valence electrons. The van der Waals surface area contributed by atoms with Crippen LogP contribution in [-0.2, 0) is 0 Å². The first-order valence-electron chi connectivity index (χ1n) is 5.23. The van der Waals surface area contributed by atoms with Crippen LogP contribution in [0, 0.1) is 0 Å². The summed E-state index contributed by atoms with van der Waals surface area (Å²) in [4.78, 5) is 16.0. The van der Waals surface area contributed by atoms with Gasteiger partial charge in [-0.15, -0.1) is 0 Å². The largest absolute Gasteiger partial charge is 0.383 e. The third kappa shape index (κ3) is 2.06. The van der Waals surface area contributed by atoms with Crippen LogP contribution in [0.4, 0.5) is 5.82 Å². The van der Waals surface area contributed by atoms with Gasteiger partial charge in [0.05, 0.1) is 5.56 Å². The average molecular weight is 202 g/mol. The Hall–Kier alpha value is -1.64. The van der Waals surface area contributed by atoms with Gasteiger partial charge in [-0.1, -0.05) is 6.08 Å². The number of hydrogen-bond donors (Lipinski definition) is 1. The molecule has 3 nitrogen and oxygen atoms in total. The average Bonchev–Trinajstić information content (AvgIpc) is 2.30. The predicted molar refractivity (Wildman–Crippen MR) is 59.5 cm³/mol.